The Kier molecular flexibility index (Phi) is 4.68. The number of urea groups is 1. The minimum absolute atomic E-state index is 0.0294. The third kappa shape index (κ3) is 3.27. The van der Waals surface area contributed by atoms with Gasteiger partial charge in [-0.15, -0.1) is 0 Å². The number of hydrogen-bond donors (Lipinski definition) is 1. The number of alkyl halides is 3. The van der Waals surface area contributed by atoms with Crippen molar-refractivity contribution in [3.05, 3.63) is 46.7 Å². The van der Waals surface area contributed by atoms with Crippen molar-refractivity contribution >= 4 is 12.0 Å². The highest BCUT2D eigenvalue weighted by Crippen LogP contribution is 2.41. The Balaban J connectivity index is 2.14. The summed E-state index contributed by atoms with van der Waals surface area (Å²) in [5, 5.41) is 2.56. The maximum absolute atomic E-state index is 13.4. The molecule has 0 saturated heterocycles. The van der Waals surface area contributed by atoms with E-state index in [-0.39, 0.29) is 23.8 Å². The summed E-state index contributed by atoms with van der Waals surface area (Å²) in [6, 6.07) is 3.18. The van der Waals surface area contributed by atoms with Crippen molar-refractivity contribution in [2.24, 2.45) is 0 Å². The van der Waals surface area contributed by atoms with Gasteiger partial charge in [0.15, 0.2) is 0 Å². The van der Waals surface area contributed by atoms with Crippen LogP contribution < -0.4 is 5.32 Å². The molecule has 0 spiro atoms. The van der Waals surface area contributed by atoms with Crippen molar-refractivity contribution in [1.29, 1.82) is 0 Å². The molecule has 140 valence electrons. The fraction of sp³-hybridized carbons (Fsp3) is 0.444. The molecule has 2 aliphatic rings. The lowest BCUT2D eigenvalue weighted by Crippen LogP contribution is -2.49. The number of amides is 2. The van der Waals surface area contributed by atoms with Crippen LogP contribution in [-0.4, -0.2) is 29.5 Å². The Morgan fingerprint density at radius 2 is 1.96 bits per heavy atom. The van der Waals surface area contributed by atoms with Crippen molar-refractivity contribution in [1.82, 2.24) is 10.2 Å². The van der Waals surface area contributed by atoms with Gasteiger partial charge in [-0.2, -0.15) is 13.2 Å². The van der Waals surface area contributed by atoms with Gasteiger partial charge in [0, 0.05) is 11.7 Å². The van der Waals surface area contributed by atoms with Gasteiger partial charge in [0.1, 0.15) is 0 Å². The first-order valence-electron chi connectivity index (χ1n) is 8.39. The predicted octanol–water partition coefficient (Wildman–Crippen LogP) is 3.77. The summed E-state index contributed by atoms with van der Waals surface area (Å²) in [4.78, 5) is 26.5. The number of carbonyl (C=O) groups excluding carboxylic acids is 2. The van der Waals surface area contributed by atoms with Crippen LogP contribution in [-0.2, 0) is 15.7 Å². The second-order valence-electron chi connectivity index (χ2n) is 6.29. The van der Waals surface area contributed by atoms with Gasteiger partial charge in [0.25, 0.3) is 0 Å². The number of benzene rings is 1. The summed E-state index contributed by atoms with van der Waals surface area (Å²) >= 11 is 0. The number of esters is 1. The zero-order valence-corrected chi connectivity index (χ0v) is 14.4. The van der Waals surface area contributed by atoms with E-state index in [1.54, 1.807) is 13.8 Å². The lowest BCUT2D eigenvalue weighted by molar-refractivity contribution is -0.141. The molecular weight excluding hydrogens is 349 g/mol. The van der Waals surface area contributed by atoms with Gasteiger partial charge in [-0.05, 0) is 38.3 Å². The molecular formula is C18H19F3N2O3. The maximum atomic E-state index is 13.4. The molecule has 0 aromatic heterocycles. The summed E-state index contributed by atoms with van der Waals surface area (Å²) < 4.78 is 45.4. The molecule has 8 heteroatoms. The standard InChI is InChI=1S/C18H19F3N2O3/c1-3-26-16(24)14-10(2)23(11-8-9-11)17(25)22-15(14)12-6-4-5-7-13(12)18(19,20)21/h4-7,11,15H,3,8-9H2,1-2H3,(H,22,25)/t15-/m0/s1. The largest absolute Gasteiger partial charge is 0.463 e. The second-order valence-corrected chi connectivity index (χ2v) is 6.29. The van der Waals surface area contributed by atoms with Crippen LogP contribution in [0, 0.1) is 0 Å². The quantitative estimate of drug-likeness (QED) is 0.823. The average molecular weight is 368 g/mol. The summed E-state index contributed by atoms with van der Waals surface area (Å²) in [6.07, 6.45) is -3.02. The molecule has 1 heterocycles. The van der Waals surface area contributed by atoms with Gasteiger partial charge in [0.05, 0.1) is 23.8 Å². The first-order valence-corrected chi connectivity index (χ1v) is 8.39. The first-order chi connectivity index (χ1) is 12.3. The smallest absolute Gasteiger partial charge is 0.416 e. The topological polar surface area (TPSA) is 58.6 Å². The van der Waals surface area contributed by atoms with Crippen LogP contribution in [0.5, 0.6) is 0 Å². The monoisotopic (exact) mass is 368 g/mol. The highest BCUT2D eigenvalue weighted by molar-refractivity contribution is 5.95. The van der Waals surface area contributed by atoms with Crippen LogP contribution >= 0.6 is 0 Å². The maximum Gasteiger partial charge on any atom is 0.416 e. The van der Waals surface area contributed by atoms with E-state index in [0.717, 1.165) is 18.9 Å². The van der Waals surface area contributed by atoms with Crippen molar-refractivity contribution in [2.75, 3.05) is 6.61 Å². The molecule has 1 aliphatic carbocycles. The van der Waals surface area contributed by atoms with Crippen molar-refractivity contribution in [3.8, 4) is 0 Å². The van der Waals surface area contributed by atoms with E-state index in [2.05, 4.69) is 5.32 Å². The fourth-order valence-electron chi connectivity index (χ4n) is 3.24. The van der Waals surface area contributed by atoms with Crippen molar-refractivity contribution in [3.63, 3.8) is 0 Å². The van der Waals surface area contributed by atoms with Crippen LogP contribution in [0.2, 0.25) is 0 Å². The van der Waals surface area contributed by atoms with E-state index >= 15 is 0 Å². The molecule has 1 atom stereocenters. The molecule has 1 aromatic rings. The normalized spacial score (nSPS) is 20.9. The lowest BCUT2D eigenvalue weighted by Gasteiger charge is -2.36. The van der Waals surface area contributed by atoms with E-state index in [9.17, 15) is 22.8 Å². The third-order valence-electron chi connectivity index (χ3n) is 4.51. The van der Waals surface area contributed by atoms with Crippen molar-refractivity contribution < 1.29 is 27.5 Å². The average Bonchev–Trinajstić information content (AvgIpc) is 3.38. The number of nitrogens with one attached hydrogen (secondary N) is 1. The van der Waals surface area contributed by atoms with E-state index in [0.29, 0.717) is 5.70 Å². The molecule has 1 aromatic carbocycles. The molecule has 1 saturated carbocycles. The molecule has 5 nitrogen and oxygen atoms in total. The van der Waals surface area contributed by atoms with E-state index in [4.69, 9.17) is 4.74 Å². The number of nitrogens with zero attached hydrogens (tertiary/aromatic N) is 1. The third-order valence-corrected chi connectivity index (χ3v) is 4.51. The highest BCUT2D eigenvalue weighted by atomic mass is 19.4. The summed E-state index contributed by atoms with van der Waals surface area (Å²) in [5.41, 5.74) is -0.683. The zero-order chi connectivity index (χ0) is 19.1. The van der Waals surface area contributed by atoms with Crippen LogP contribution in [0.4, 0.5) is 18.0 Å². The van der Waals surface area contributed by atoms with E-state index < -0.39 is 29.8 Å². The number of hydrogen-bond acceptors (Lipinski definition) is 3. The molecule has 0 unspecified atom stereocenters. The van der Waals surface area contributed by atoms with Gasteiger partial charge in [-0.1, -0.05) is 18.2 Å². The minimum Gasteiger partial charge on any atom is -0.463 e. The first kappa shape index (κ1) is 18.3. The molecule has 0 bridgehead atoms. The molecule has 3 rings (SSSR count). The van der Waals surface area contributed by atoms with Crippen LogP contribution in [0.25, 0.3) is 0 Å². The lowest BCUT2D eigenvalue weighted by atomic mass is 9.91. The Hall–Kier alpha value is -2.51. The van der Waals surface area contributed by atoms with Crippen LogP contribution in [0.1, 0.15) is 43.9 Å². The predicted molar refractivity (Wildman–Crippen MR) is 86.9 cm³/mol. The Morgan fingerprint density at radius 1 is 1.31 bits per heavy atom. The number of ether oxygens (including phenoxy) is 1. The zero-order valence-electron chi connectivity index (χ0n) is 14.4. The number of rotatable bonds is 4. The number of allylic oxidation sites excluding steroid dienone is 1. The minimum atomic E-state index is -4.61. The van der Waals surface area contributed by atoms with Gasteiger partial charge >= 0.3 is 18.2 Å². The second kappa shape index (κ2) is 6.66. The fourth-order valence-corrected chi connectivity index (χ4v) is 3.24. The molecule has 2 amide bonds. The summed E-state index contributed by atoms with van der Waals surface area (Å²) in [7, 11) is 0. The van der Waals surface area contributed by atoms with Crippen LogP contribution in [0.15, 0.2) is 35.5 Å². The summed E-state index contributed by atoms with van der Waals surface area (Å²) in [5.74, 6) is -0.724. The Bertz CT molecular complexity index is 769. The number of halogens is 3. The van der Waals surface area contributed by atoms with Gasteiger partial charge in [-0.25, -0.2) is 9.59 Å². The van der Waals surface area contributed by atoms with E-state index in [1.807, 2.05) is 0 Å². The van der Waals surface area contributed by atoms with Gasteiger partial charge in [0.2, 0.25) is 0 Å². The van der Waals surface area contributed by atoms with E-state index in [1.165, 1.54) is 23.1 Å². The highest BCUT2D eigenvalue weighted by Gasteiger charge is 2.45. The van der Waals surface area contributed by atoms with Crippen LogP contribution in [0.3, 0.4) is 0 Å². The van der Waals surface area contributed by atoms with Gasteiger partial charge < -0.3 is 10.1 Å². The van der Waals surface area contributed by atoms with Gasteiger partial charge in [-0.3, -0.25) is 4.90 Å². The number of carbonyl (C=O) groups is 2. The molecule has 26 heavy (non-hydrogen) atoms. The molecule has 1 aliphatic heterocycles. The Labute approximate surface area is 148 Å². The molecule has 1 N–H and O–H groups in total. The molecule has 0 radical (unpaired) electrons. The van der Waals surface area contributed by atoms with Crippen molar-refractivity contribution in [2.45, 2.75) is 44.9 Å². The SMILES string of the molecule is CCOC(=O)C1=C(C)N(C2CC2)C(=O)N[C@H]1c1ccccc1C(F)(F)F. The summed E-state index contributed by atoms with van der Waals surface area (Å²) in [6.45, 7) is 3.28. The molecule has 1 fully saturated rings. The Morgan fingerprint density at radius 3 is 2.54 bits per heavy atom.